The van der Waals surface area contributed by atoms with Crippen molar-refractivity contribution < 1.29 is 13.5 Å². The van der Waals surface area contributed by atoms with Crippen molar-refractivity contribution in [3.63, 3.8) is 0 Å². The van der Waals surface area contributed by atoms with E-state index in [1.807, 2.05) is 6.92 Å². The van der Waals surface area contributed by atoms with E-state index in [1.54, 1.807) is 6.07 Å². The first-order valence-electron chi connectivity index (χ1n) is 5.99. The molecular weight excluding hydrogens is 260 g/mol. The van der Waals surface area contributed by atoms with Gasteiger partial charge in [-0.25, -0.2) is 8.78 Å². The Morgan fingerprint density at radius 2 is 2.06 bits per heavy atom. The maximum absolute atomic E-state index is 13.2. The first-order chi connectivity index (χ1) is 8.22. The summed E-state index contributed by atoms with van der Waals surface area (Å²) in [7, 11) is 0. The first-order valence-corrected chi connectivity index (χ1v) is 5.99. The molecule has 0 aromatic heterocycles. The Kier molecular flexibility index (Phi) is 5.99. The minimum absolute atomic E-state index is 0. The number of hydrogen-bond donors (Lipinski definition) is 1. The third-order valence-corrected chi connectivity index (χ3v) is 3.01. The predicted molar refractivity (Wildman–Crippen MR) is 68.9 cm³/mol. The number of rotatable bonds is 5. The average Bonchev–Trinajstić information content (AvgIpc) is 2.25. The molecular formula is C13H18ClF2NO. The summed E-state index contributed by atoms with van der Waals surface area (Å²) in [5.41, 5.74) is 0.726. The van der Waals surface area contributed by atoms with Crippen LogP contribution in [0.15, 0.2) is 18.2 Å². The molecule has 0 amide bonds. The Labute approximate surface area is 112 Å². The van der Waals surface area contributed by atoms with Crippen molar-refractivity contribution >= 4 is 12.4 Å². The maximum Gasteiger partial charge on any atom is 0.159 e. The lowest BCUT2D eigenvalue weighted by molar-refractivity contribution is -0.00633. The third kappa shape index (κ3) is 3.40. The summed E-state index contributed by atoms with van der Waals surface area (Å²) in [5.74, 6) is -1.26. The first kappa shape index (κ1) is 15.3. The highest BCUT2D eigenvalue weighted by molar-refractivity contribution is 5.85. The molecule has 2 rings (SSSR count). The van der Waals surface area contributed by atoms with Crippen LogP contribution in [0, 0.1) is 17.6 Å². The molecule has 0 aliphatic carbocycles. The molecule has 5 heteroatoms. The van der Waals surface area contributed by atoms with Crippen molar-refractivity contribution in [2.45, 2.75) is 19.4 Å². The standard InChI is InChI=1S/C13H17F2NO.ClH/c1-2-5-17-13(10-7-16-8-10)9-3-4-11(14)12(15)6-9;/h3-4,6,10,13,16H,2,5,7-8H2,1H3;1H. The number of ether oxygens (including phenoxy) is 1. The van der Waals surface area contributed by atoms with Crippen molar-refractivity contribution in [2.75, 3.05) is 19.7 Å². The summed E-state index contributed by atoms with van der Waals surface area (Å²) in [6, 6.07) is 4.02. The molecule has 1 aliphatic rings. The van der Waals surface area contributed by atoms with Crippen LogP contribution in [0.3, 0.4) is 0 Å². The zero-order valence-electron chi connectivity index (χ0n) is 10.3. The monoisotopic (exact) mass is 277 g/mol. The van der Waals surface area contributed by atoms with Gasteiger partial charge in [0.25, 0.3) is 0 Å². The van der Waals surface area contributed by atoms with E-state index in [0.717, 1.165) is 25.1 Å². The van der Waals surface area contributed by atoms with E-state index in [9.17, 15) is 8.78 Å². The number of hydrogen-bond acceptors (Lipinski definition) is 2. The summed E-state index contributed by atoms with van der Waals surface area (Å²) >= 11 is 0. The second-order valence-corrected chi connectivity index (χ2v) is 4.38. The fourth-order valence-corrected chi connectivity index (χ4v) is 1.96. The number of benzene rings is 1. The van der Waals surface area contributed by atoms with Crippen LogP contribution in [0.5, 0.6) is 0 Å². The van der Waals surface area contributed by atoms with Crippen LogP contribution in [-0.2, 0) is 4.74 Å². The molecule has 1 fully saturated rings. The Balaban J connectivity index is 0.00000162. The second kappa shape index (κ2) is 7.02. The molecule has 0 spiro atoms. The van der Waals surface area contributed by atoms with E-state index in [0.29, 0.717) is 12.5 Å². The molecule has 1 atom stereocenters. The van der Waals surface area contributed by atoms with Crippen molar-refractivity contribution in [1.29, 1.82) is 0 Å². The molecule has 0 saturated carbocycles. The van der Waals surface area contributed by atoms with Crippen LogP contribution >= 0.6 is 12.4 Å². The van der Waals surface area contributed by atoms with Crippen LogP contribution in [0.4, 0.5) is 8.78 Å². The average molecular weight is 278 g/mol. The molecule has 1 saturated heterocycles. The van der Waals surface area contributed by atoms with E-state index in [-0.39, 0.29) is 18.5 Å². The minimum atomic E-state index is -0.810. The fourth-order valence-electron chi connectivity index (χ4n) is 1.96. The summed E-state index contributed by atoms with van der Waals surface area (Å²) in [6.07, 6.45) is 0.784. The summed E-state index contributed by atoms with van der Waals surface area (Å²) in [4.78, 5) is 0. The summed E-state index contributed by atoms with van der Waals surface area (Å²) in [5, 5.41) is 3.17. The van der Waals surface area contributed by atoms with Crippen molar-refractivity contribution in [3.05, 3.63) is 35.4 Å². The molecule has 18 heavy (non-hydrogen) atoms. The van der Waals surface area contributed by atoms with Gasteiger partial charge in [-0.3, -0.25) is 0 Å². The molecule has 102 valence electrons. The van der Waals surface area contributed by atoms with Gasteiger partial charge in [0.15, 0.2) is 11.6 Å². The molecule has 0 radical (unpaired) electrons. The Morgan fingerprint density at radius 3 is 2.56 bits per heavy atom. The van der Waals surface area contributed by atoms with Gasteiger partial charge in [-0.15, -0.1) is 12.4 Å². The van der Waals surface area contributed by atoms with Gasteiger partial charge in [0.2, 0.25) is 0 Å². The van der Waals surface area contributed by atoms with E-state index >= 15 is 0 Å². The Morgan fingerprint density at radius 1 is 1.33 bits per heavy atom. The smallest absolute Gasteiger partial charge is 0.159 e. The quantitative estimate of drug-likeness (QED) is 0.893. The van der Waals surface area contributed by atoms with Gasteiger partial charge in [0, 0.05) is 25.6 Å². The third-order valence-electron chi connectivity index (χ3n) is 3.01. The van der Waals surface area contributed by atoms with Gasteiger partial charge < -0.3 is 10.1 Å². The van der Waals surface area contributed by atoms with E-state index < -0.39 is 11.6 Å². The van der Waals surface area contributed by atoms with Crippen LogP contribution in [0.25, 0.3) is 0 Å². The van der Waals surface area contributed by atoms with Crippen LogP contribution in [0.2, 0.25) is 0 Å². The lowest BCUT2D eigenvalue weighted by atomic mass is 9.91. The van der Waals surface area contributed by atoms with Gasteiger partial charge in [-0.05, 0) is 24.1 Å². The highest BCUT2D eigenvalue weighted by atomic mass is 35.5. The van der Waals surface area contributed by atoms with E-state index in [4.69, 9.17) is 4.74 Å². The lowest BCUT2D eigenvalue weighted by Crippen LogP contribution is -2.46. The van der Waals surface area contributed by atoms with Crippen LogP contribution in [-0.4, -0.2) is 19.7 Å². The molecule has 0 bridgehead atoms. The predicted octanol–water partition coefficient (Wildman–Crippen LogP) is 3.07. The Bertz CT molecular complexity index is 385. The topological polar surface area (TPSA) is 21.3 Å². The molecule has 1 aromatic rings. The van der Waals surface area contributed by atoms with Crippen molar-refractivity contribution in [2.24, 2.45) is 5.92 Å². The number of nitrogens with one attached hydrogen (secondary N) is 1. The minimum Gasteiger partial charge on any atom is -0.373 e. The molecule has 1 aromatic carbocycles. The molecule has 1 N–H and O–H groups in total. The van der Waals surface area contributed by atoms with Gasteiger partial charge >= 0.3 is 0 Å². The normalized spacial score (nSPS) is 16.8. The second-order valence-electron chi connectivity index (χ2n) is 4.38. The fraction of sp³-hybridized carbons (Fsp3) is 0.538. The highest BCUT2D eigenvalue weighted by Gasteiger charge is 2.29. The summed E-state index contributed by atoms with van der Waals surface area (Å²) < 4.78 is 31.8. The van der Waals surface area contributed by atoms with Gasteiger partial charge in [-0.1, -0.05) is 13.0 Å². The maximum atomic E-state index is 13.2. The van der Waals surface area contributed by atoms with Crippen molar-refractivity contribution in [3.8, 4) is 0 Å². The molecule has 1 heterocycles. The van der Waals surface area contributed by atoms with E-state index in [2.05, 4.69) is 5.32 Å². The van der Waals surface area contributed by atoms with Gasteiger partial charge in [-0.2, -0.15) is 0 Å². The molecule has 1 aliphatic heterocycles. The number of halogens is 3. The zero-order chi connectivity index (χ0) is 12.3. The van der Waals surface area contributed by atoms with Crippen molar-refractivity contribution in [1.82, 2.24) is 5.32 Å². The highest BCUT2D eigenvalue weighted by Crippen LogP contribution is 2.29. The largest absolute Gasteiger partial charge is 0.373 e. The van der Waals surface area contributed by atoms with E-state index in [1.165, 1.54) is 12.1 Å². The van der Waals surface area contributed by atoms with Gasteiger partial charge in [0.05, 0.1) is 6.10 Å². The summed E-state index contributed by atoms with van der Waals surface area (Å²) in [6.45, 7) is 4.41. The van der Waals surface area contributed by atoms with Crippen LogP contribution < -0.4 is 5.32 Å². The molecule has 1 unspecified atom stereocenters. The SMILES string of the molecule is CCCOC(c1ccc(F)c(F)c1)C1CNC1.Cl. The van der Waals surface area contributed by atoms with Crippen LogP contribution in [0.1, 0.15) is 25.0 Å². The Hall–Kier alpha value is -0.710. The lowest BCUT2D eigenvalue weighted by Gasteiger charge is -2.34. The zero-order valence-corrected chi connectivity index (χ0v) is 11.1. The van der Waals surface area contributed by atoms with Gasteiger partial charge in [0.1, 0.15) is 0 Å². The molecule has 2 nitrogen and oxygen atoms in total.